The molecule has 0 saturated heterocycles. The highest BCUT2D eigenvalue weighted by atomic mass is 35.5. The van der Waals surface area contributed by atoms with Crippen molar-refractivity contribution in [1.29, 1.82) is 5.41 Å². The Morgan fingerprint density at radius 2 is 2.10 bits per heavy atom. The topological polar surface area (TPSA) is 71.6 Å². The van der Waals surface area contributed by atoms with Crippen LogP contribution in [-0.2, 0) is 9.47 Å². The third-order valence-corrected chi connectivity index (χ3v) is 3.36. The number of nitrogens with zero attached hydrogens (tertiary/aromatic N) is 1. The van der Waals surface area contributed by atoms with E-state index in [1.165, 1.54) is 0 Å². The highest BCUT2D eigenvalue weighted by Gasteiger charge is 2.16. The molecule has 0 saturated carbocycles. The Labute approximate surface area is 125 Å². The van der Waals surface area contributed by atoms with Crippen molar-refractivity contribution in [2.45, 2.75) is 13.0 Å². The number of benzene rings is 1. The quantitative estimate of drug-likeness (QED) is 0.570. The molecule has 0 radical (unpaired) electrons. The van der Waals surface area contributed by atoms with Crippen LogP contribution in [0.25, 0.3) is 0 Å². The molecule has 1 atom stereocenters. The lowest BCUT2D eigenvalue weighted by Crippen LogP contribution is -2.38. The van der Waals surface area contributed by atoms with Gasteiger partial charge in [0.2, 0.25) is 0 Å². The number of nitrogens with one attached hydrogen (secondary N) is 1. The molecule has 0 bridgehead atoms. The number of ether oxygens (including phenoxy) is 2. The van der Waals surface area contributed by atoms with E-state index >= 15 is 0 Å². The second-order valence-electron chi connectivity index (χ2n) is 4.57. The molecule has 0 aliphatic heterocycles. The molecule has 20 heavy (non-hydrogen) atoms. The Balaban J connectivity index is 3.00. The minimum atomic E-state index is -0.0325. The maximum Gasteiger partial charge on any atom is 0.124 e. The van der Waals surface area contributed by atoms with Crippen LogP contribution in [0.4, 0.5) is 5.69 Å². The third kappa shape index (κ3) is 4.37. The van der Waals surface area contributed by atoms with Crippen LogP contribution in [0.1, 0.15) is 12.5 Å². The zero-order valence-corrected chi connectivity index (χ0v) is 12.9. The van der Waals surface area contributed by atoms with Crippen molar-refractivity contribution in [1.82, 2.24) is 0 Å². The average molecular weight is 300 g/mol. The highest BCUT2D eigenvalue weighted by Crippen LogP contribution is 2.25. The Hall–Kier alpha value is -1.30. The van der Waals surface area contributed by atoms with Crippen LogP contribution in [-0.4, -0.2) is 45.9 Å². The van der Waals surface area contributed by atoms with Crippen LogP contribution in [0.5, 0.6) is 0 Å². The molecule has 5 nitrogen and oxygen atoms in total. The van der Waals surface area contributed by atoms with Gasteiger partial charge >= 0.3 is 0 Å². The minimum absolute atomic E-state index is 0.0325. The van der Waals surface area contributed by atoms with E-state index in [4.69, 9.17) is 32.2 Å². The number of halogens is 1. The lowest BCUT2D eigenvalue weighted by molar-refractivity contribution is 0.171. The fourth-order valence-electron chi connectivity index (χ4n) is 2.03. The molecular weight excluding hydrogens is 278 g/mol. The minimum Gasteiger partial charge on any atom is -0.384 e. The number of anilines is 1. The van der Waals surface area contributed by atoms with Crippen molar-refractivity contribution in [2.24, 2.45) is 5.73 Å². The number of rotatable bonds is 8. The molecular formula is C14H22ClN3O2. The van der Waals surface area contributed by atoms with Gasteiger partial charge in [0, 0.05) is 38.1 Å². The summed E-state index contributed by atoms with van der Waals surface area (Å²) in [4.78, 5) is 2.16. The van der Waals surface area contributed by atoms with Gasteiger partial charge in [0.25, 0.3) is 0 Å². The highest BCUT2D eigenvalue weighted by molar-refractivity contribution is 6.34. The maximum atomic E-state index is 7.46. The molecule has 1 aromatic carbocycles. The van der Waals surface area contributed by atoms with Crippen molar-refractivity contribution >= 4 is 23.1 Å². The van der Waals surface area contributed by atoms with E-state index in [2.05, 4.69) is 11.8 Å². The van der Waals surface area contributed by atoms with Crippen LogP contribution < -0.4 is 10.6 Å². The van der Waals surface area contributed by atoms with Gasteiger partial charge in [-0.1, -0.05) is 11.6 Å². The van der Waals surface area contributed by atoms with Crippen molar-refractivity contribution in [3.63, 3.8) is 0 Å². The summed E-state index contributed by atoms with van der Waals surface area (Å²) in [6.07, 6.45) is 0. The zero-order chi connectivity index (χ0) is 15.1. The van der Waals surface area contributed by atoms with Crippen molar-refractivity contribution < 1.29 is 9.47 Å². The van der Waals surface area contributed by atoms with Gasteiger partial charge in [-0.3, -0.25) is 5.41 Å². The number of methoxy groups -OCH3 is 2. The normalized spacial score (nSPS) is 12.2. The fraction of sp³-hybridized carbons (Fsp3) is 0.500. The first-order valence-electron chi connectivity index (χ1n) is 6.39. The molecule has 1 rings (SSSR count). The molecule has 112 valence electrons. The molecule has 0 spiro atoms. The lowest BCUT2D eigenvalue weighted by atomic mass is 10.1. The van der Waals surface area contributed by atoms with E-state index in [0.29, 0.717) is 23.8 Å². The molecule has 3 N–H and O–H groups in total. The van der Waals surface area contributed by atoms with E-state index in [1.807, 2.05) is 12.1 Å². The molecule has 0 aromatic heterocycles. The Morgan fingerprint density at radius 1 is 1.40 bits per heavy atom. The summed E-state index contributed by atoms with van der Waals surface area (Å²) < 4.78 is 10.4. The Kier molecular flexibility index (Phi) is 6.78. The Bertz CT molecular complexity index is 454. The zero-order valence-electron chi connectivity index (χ0n) is 12.1. The van der Waals surface area contributed by atoms with E-state index in [1.54, 1.807) is 20.3 Å². The van der Waals surface area contributed by atoms with Crippen LogP contribution >= 0.6 is 11.6 Å². The first kappa shape index (κ1) is 16.8. The number of nitrogen functional groups attached to an aromatic ring is 1. The second kappa shape index (κ2) is 8.09. The van der Waals surface area contributed by atoms with E-state index in [9.17, 15) is 0 Å². The predicted molar refractivity (Wildman–Crippen MR) is 83.0 cm³/mol. The number of hydrogen-bond donors (Lipinski definition) is 2. The van der Waals surface area contributed by atoms with Crippen molar-refractivity contribution in [2.75, 3.05) is 38.9 Å². The van der Waals surface area contributed by atoms with Gasteiger partial charge in [0.15, 0.2) is 0 Å². The maximum absolute atomic E-state index is 7.46. The largest absolute Gasteiger partial charge is 0.384 e. The number of amidine groups is 1. The molecule has 1 aromatic rings. The smallest absolute Gasteiger partial charge is 0.124 e. The van der Waals surface area contributed by atoms with Gasteiger partial charge < -0.3 is 20.1 Å². The SMILES string of the molecule is COCCN(c1ccc(C(=N)N)c(Cl)c1)C(C)COC. The summed E-state index contributed by atoms with van der Waals surface area (Å²) in [6, 6.07) is 5.68. The summed E-state index contributed by atoms with van der Waals surface area (Å²) in [7, 11) is 3.35. The summed E-state index contributed by atoms with van der Waals surface area (Å²) >= 11 is 6.17. The van der Waals surface area contributed by atoms with Gasteiger partial charge in [-0.05, 0) is 25.1 Å². The summed E-state index contributed by atoms with van der Waals surface area (Å²) in [5, 5.41) is 7.93. The predicted octanol–water partition coefficient (Wildman–Crippen LogP) is 2.11. The molecule has 6 heteroatoms. The van der Waals surface area contributed by atoms with E-state index < -0.39 is 0 Å². The first-order chi connectivity index (χ1) is 9.51. The summed E-state index contributed by atoms with van der Waals surface area (Å²) in [5.74, 6) is -0.0325. The van der Waals surface area contributed by atoms with Crippen LogP contribution in [0, 0.1) is 5.41 Å². The average Bonchev–Trinajstić information content (AvgIpc) is 2.39. The summed E-state index contributed by atoms with van der Waals surface area (Å²) in [6.45, 7) is 4.03. The van der Waals surface area contributed by atoms with Gasteiger partial charge in [-0.2, -0.15) is 0 Å². The van der Waals surface area contributed by atoms with Gasteiger partial charge in [0.1, 0.15) is 5.84 Å². The number of nitrogens with two attached hydrogens (primary N) is 1. The number of hydrogen-bond acceptors (Lipinski definition) is 4. The van der Waals surface area contributed by atoms with Crippen LogP contribution in [0.15, 0.2) is 18.2 Å². The molecule has 0 fully saturated rings. The molecule has 0 aliphatic rings. The van der Waals surface area contributed by atoms with Crippen LogP contribution in [0.3, 0.4) is 0 Å². The van der Waals surface area contributed by atoms with E-state index in [0.717, 1.165) is 12.2 Å². The molecule has 1 unspecified atom stereocenters. The van der Waals surface area contributed by atoms with Gasteiger partial charge in [0.05, 0.1) is 18.2 Å². The lowest BCUT2D eigenvalue weighted by Gasteiger charge is -2.31. The van der Waals surface area contributed by atoms with E-state index in [-0.39, 0.29) is 11.9 Å². The summed E-state index contributed by atoms with van der Waals surface area (Å²) in [5.41, 5.74) is 6.98. The molecule has 0 aliphatic carbocycles. The fourth-order valence-corrected chi connectivity index (χ4v) is 2.30. The van der Waals surface area contributed by atoms with Gasteiger partial charge in [-0.25, -0.2) is 0 Å². The Morgan fingerprint density at radius 3 is 2.60 bits per heavy atom. The van der Waals surface area contributed by atoms with Crippen LogP contribution in [0.2, 0.25) is 5.02 Å². The standard InChI is InChI=1S/C14H22ClN3O2/c1-10(9-20-3)18(6-7-19-2)11-4-5-12(14(16)17)13(15)8-11/h4-5,8,10H,6-7,9H2,1-3H3,(H3,16,17). The third-order valence-electron chi connectivity index (χ3n) is 3.05. The van der Waals surface area contributed by atoms with Crippen molar-refractivity contribution in [3.05, 3.63) is 28.8 Å². The first-order valence-corrected chi connectivity index (χ1v) is 6.77. The van der Waals surface area contributed by atoms with Crippen molar-refractivity contribution in [3.8, 4) is 0 Å². The molecule has 0 amide bonds. The molecule has 0 heterocycles. The second-order valence-corrected chi connectivity index (χ2v) is 4.98. The van der Waals surface area contributed by atoms with Gasteiger partial charge in [-0.15, -0.1) is 0 Å². The monoisotopic (exact) mass is 299 g/mol.